The lowest BCUT2D eigenvalue weighted by Crippen LogP contribution is -2.56. The first-order valence-corrected chi connectivity index (χ1v) is 8.43. The molecule has 0 radical (unpaired) electrons. The van der Waals surface area contributed by atoms with Crippen LogP contribution in [0.3, 0.4) is 0 Å². The van der Waals surface area contributed by atoms with Crippen LogP contribution in [0.25, 0.3) is 0 Å². The molecule has 1 aliphatic heterocycles. The van der Waals surface area contributed by atoms with Crippen LogP contribution in [0, 0.1) is 0 Å². The molecule has 1 atom stereocenters. The van der Waals surface area contributed by atoms with E-state index in [-0.39, 0.29) is 18.0 Å². The molecule has 1 aromatic heterocycles. The number of carbonyl (C=O) groups is 2. The van der Waals surface area contributed by atoms with Gasteiger partial charge < -0.3 is 14.5 Å². The third-order valence-electron chi connectivity index (χ3n) is 3.93. The molecule has 1 saturated heterocycles. The van der Waals surface area contributed by atoms with Crippen molar-refractivity contribution in [3.05, 3.63) is 30.1 Å². The number of pyridine rings is 1. The Bertz CT molecular complexity index is 569. The van der Waals surface area contributed by atoms with Crippen LogP contribution in [-0.2, 0) is 16.0 Å². The molecule has 0 aromatic carbocycles. The van der Waals surface area contributed by atoms with Crippen LogP contribution in [0.1, 0.15) is 39.8 Å². The summed E-state index contributed by atoms with van der Waals surface area (Å²) in [5.41, 5.74) is 0.415. The average Bonchev–Trinajstić information content (AvgIpc) is 2.51. The number of hydrogen-bond donors (Lipinski definition) is 0. The summed E-state index contributed by atoms with van der Waals surface area (Å²) in [7, 11) is 0. The molecule has 2 heterocycles. The molecule has 1 aromatic rings. The summed E-state index contributed by atoms with van der Waals surface area (Å²) < 4.78 is 5.42. The smallest absolute Gasteiger partial charge is 0.410 e. The number of piperazine rings is 1. The van der Waals surface area contributed by atoms with E-state index in [9.17, 15) is 9.59 Å². The molecule has 0 aliphatic carbocycles. The molecule has 0 unspecified atom stereocenters. The average molecular weight is 333 g/mol. The predicted molar refractivity (Wildman–Crippen MR) is 91.5 cm³/mol. The van der Waals surface area contributed by atoms with Gasteiger partial charge in [0.05, 0.1) is 0 Å². The van der Waals surface area contributed by atoms with E-state index in [1.807, 2.05) is 50.8 Å². The molecule has 2 amide bonds. The number of nitrogens with zero attached hydrogens (tertiary/aromatic N) is 3. The molecule has 0 N–H and O–H groups in total. The van der Waals surface area contributed by atoms with Crippen LogP contribution in [0.4, 0.5) is 4.79 Å². The zero-order valence-electron chi connectivity index (χ0n) is 15.0. The Kier molecular flexibility index (Phi) is 5.80. The van der Waals surface area contributed by atoms with Crippen molar-refractivity contribution < 1.29 is 14.3 Å². The lowest BCUT2D eigenvalue weighted by molar-refractivity contribution is -0.134. The second kappa shape index (κ2) is 7.64. The van der Waals surface area contributed by atoms with Crippen molar-refractivity contribution in [1.29, 1.82) is 0 Å². The second-order valence-corrected chi connectivity index (χ2v) is 7.18. The maximum Gasteiger partial charge on any atom is 0.410 e. The van der Waals surface area contributed by atoms with Gasteiger partial charge in [0.25, 0.3) is 0 Å². The van der Waals surface area contributed by atoms with Crippen molar-refractivity contribution in [3.8, 4) is 0 Å². The highest BCUT2D eigenvalue weighted by Crippen LogP contribution is 2.16. The minimum absolute atomic E-state index is 0.0487. The summed E-state index contributed by atoms with van der Waals surface area (Å²) in [5.74, 6) is 0.108. The van der Waals surface area contributed by atoms with Crippen LogP contribution in [0.15, 0.2) is 24.4 Å². The minimum atomic E-state index is -0.507. The topological polar surface area (TPSA) is 62.7 Å². The molecule has 1 fully saturated rings. The molecule has 0 bridgehead atoms. The van der Waals surface area contributed by atoms with Crippen molar-refractivity contribution in [2.24, 2.45) is 0 Å². The maximum atomic E-state index is 12.4. The van der Waals surface area contributed by atoms with Gasteiger partial charge in [-0.2, -0.15) is 0 Å². The van der Waals surface area contributed by atoms with Crippen molar-refractivity contribution in [2.75, 3.05) is 19.6 Å². The molecular formula is C18H27N3O3. The Morgan fingerprint density at radius 2 is 2.04 bits per heavy atom. The Balaban J connectivity index is 1.83. The van der Waals surface area contributed by atoms with Gasteiger partial charge in [0.1, 0.15) is 5.60 Å². The Morgan fingerprint density at radius 1 is 1.29 bits per heavy atom. The number of rotatable bonds is 3. The lowest BCUT2D eigenvalue weighted by Gasteiger charge is -2.40. The highest BCUT2D eigenvalue weighted by molar-refractivity contribution is 5.77. The summed E-state index contributed by atoms with van der Waals surface area (Å²) in [6, 6.07) is 5.67. The third-order valence-corrected chi connectivity index (χ3v) is 3.93. The van der Waals surface area contributed by atoms with Gasteiger partial charge >= 0.3 is 6.09 Å². The fraction of sp³-hybridized carbons (Fsp3) is 0.611. The van der Waals surface area contributed by atoms with E-state index >= 15 is 0 Å². The zero-order chi connectivity index (χ0) is 17.7. The number of hydrogen-bond acceptors (Lipinski definition) is 4. The molecule has 0 saturated carbocycles. The first-order chi connectivity index (χ1) is 11.3. The first-order valence-electron chi connectivity index (χ1n) is 8.43. The number of ether oxygens (including phenoxy) is 1. The SMILES string of the molecule is C[C@H]1CN(C(=O)CCc2ccccn2)CCN1C(=O)OC(C)(C)C. The Morgan fingerprint density at radius 3 is 2.62 bits per heavy atom. The van der Waals surface area contributed by atoms with E-state index in [2.05, 4.69) is 4.98 Å². The number of aromatic nitrogens is 1. The standard InChI is InChI=1S/C18H27N3O3/c1-14-13-20(11-12-21(14)17(23)24-18(2,3)4)16(22)9-8-15-7-5-6-10-19-15/h5-7,10,14H,8-9,11-13H2,1-4H3/t14-/m0/s1. The summed E-state index contributed by atoms with van der Waals surface area (Å²) in [5, 5.41) is 0. The molecule has 132 valence electrons. The van der Waals surface area contributed by atoms with E-state index in [1.165, 1.54) is 0 Å². The second-order valence-electron chi connectivity index (χ2n) is 7.18. The van der Waals surface area contributed by atoms with E-state index in [0.29, 0.717) is 32.5 Å². The van der Waals surface area contributed by atoms with Crippen LogP contribution in [0.2, 0.25) is 0 Å². The molecule has 6 nitrogen and oxygen atoms in total. The minimum Gasteiger partial charge on any atom is -0.444 e. The molecule has 6 heteroatoms. The van der Waals surface area contributed by atoms with Crippen LogP contribution in [-0.4, -0.2) is 58.1 Å². The highest BCUT2D eigenvalue weighted by atomic mass is 16.6. The highest BCUT2D eigenvalue weighted by Gasteiger charge is 2.32. The van der Waals surface area contributed by atoms with Crippen molar-refractivity contribution in [1.82, 2.24) is 14.8 Å². The maximum absolute atomic E-state index is 12.4. The largest absolute Gasteiger partial charge is 0.444 e. The van der Waals surface area contributed by atoms with Crippen molar-refractivity contribution >= 4 is 12.0 Å². The Hall–Kier alpha value is -2.11. The number of aryl methyl sites for hydroxylation is 1. The molecule has 2 rings (SSSR count). The zero-order valence-corrected chi connectivity index (χ0v) is 15.0. The summed E-state index contributed by atoms with van der Waals surface area (Å²) in [4.78, 5) is 32.4. The quantitative estimate of drug-likeness (QED) is 0.852. The van der Waals surface area contributed by atoms with Gasteiger partial charge in [-0.1, -0.05) is 6.07 Å². The normalized spacial score (nSPS) is 18.4. The summed E-state index contributed by atoms with van der Waals surface area (Å²) in [6.45, 7) is 9.10. The van der Waals surface area contributed by atoms with Gasteiger partial charge in [-0.05, 0) is 46.2 Å². The van der Waals surface area contributed by atoms with Crippen LogP contribution >= 0.6 is 0 Å². The monoisotopic (exact) mass is 333 g/mol. The van der Waals surface area contributed by atoms with Gasteiger partial charge in [0.2, 0.25) is 5.91 Å². The van der Waals surface area contributed by atoms with Crippen LogP contribution < -0.4 is 0 Å². The third kappa shape index (κ3) is 5.22. The van der Waals surface area contributed by atoms with Gasteiger partial charge in [0, 0.05) is 44.0 Å². The molecule has 1 aliphatic rings. The summed E-state index contributed by atoms with van der Waals surface area (Å²) in [6.07, 6.45) is 2.51. The molecular weight excluding hydrogens is 306 g/mol. The fourth-order valence-electron chi connectivity index (χ4n) is 2.72. The predicted octanol–water partition coefficient (Wildman–Crippen LogP) is 2.48. The van der Waals surface area contributed by atoms with E-state index in [4.69, 9.17) is 4.74 Å². The molecule has 0 spiro atoms. The lowest BCUT2D eigenvalue weighted by atomic mass is 10.1. The van der Waals surface area contributed by atoms with E-state index in [0.717, 1.165) is 5.69 Å². The Labute approximate surface area is 143 Å². The first kappa shape index (κ1) is 18.2. The van der Waals surface area contributed by atoms with E-state index < -0.39 is 5.60 Å². The van der Waals surface area contributed by atoms with Gasteiger partial charge in [-0.25, -0.2) is 4.79 Å². The summed E-state index contributed by atoms with van der Waals surface area (Å²) >= 11 is 0. The van der Waals surface area contributed by atoms with Crippen LogP contribution in [0.5, 0.6) is 0 Å². The van der Waals surface area contributed by atoms with E-state index in [1.54, 1.807) is 11.1 Å². The van der Waals surface area contributed by atoms with Gasteiger partial charge in [-0.15, -0.1) is 0 Å². The molecule has 24 heavy (non-hydrogen) atoms. The van der Waals surface area contributed by atoms with Gasteiger partial charge in [-0.3, -0.25) is 9.78 Å². The van der Waals surface area contributed by atoms with Gasteiger partial charge in [0.15, 0.2) is 0 Å². The fourth-order valence-corrected chi connectivity index (χ4v) is 2.72. The number of carbonyl (C=O) groups excluding carboxylic acids is 2. The van der Waals surface area contributed by atoms with Crippen molar-refractivity contribution in [3.63, 3.8) is 0 Å². The van der Waals surface area contributed by atoms with Crippen molar-refractivity contribution in [2.45, 2.75) is 52.2 Å². The number of amides is 2.